The monoisotopic (exact) mass is 202 g/mol. The number of anilines is 2. The van der Waals surface area contributed by atoms with E-state index in [-0.39, 0.29) is 12.6 Å². The van der Waals surface area contributed by atoms with E-state index in [0.29, 0.717) is 5.95 Å². The average molecular weight is 202 g/mol. The van der Waals surface area contributed by atoms with Crippen LogP contribution >= 0.6 is 11.5 Å². The van der Waals surface area contributed by atoms with Crippen molar-refractivity contribution in [1.82, 2.24) is 9.36 Å². The van der Waals surface area contributed by atoms with Gasteiger partial charge in [-0.15, -0.1) is 0 Å². The van der Waals surface area contributed by atoms with Gasteiger partial charge >= 0.3 is 0 Å². The van der Waals surface area contributed by atoms with Crippen LogP contribution in [0.3, 0.4) is 0 Å². The first kappa shape index (κ1) is 10.2. The maximum Gasteiger partial charge on any atom is 0.233 e. The predicted octanol–water partition coefficient (Wildman–Crippen LogP) is 0.693. The largest absolute Gasteiger partial charge is 0.396 e. The molecule has 1 unspecified atom stereocenters. The van der Waals surface area contributed by atoms with Crippen LogP contribution in [0.1, 0.15) is 19.8 Å². The first-order valence-electron chi connectivity index (χ1n) is 4.22. The van der Waals surface area contributed by atoms with Crippen LogP contribution in [0.4, 0.5) is 11.1 Å². The molecule has 4 N–H and O–H groups in total. The maximum atomic E-state index is 8.75. The second-order valence-electron chi connectivity index (χ2n) is 2.72. The lowest BCUT2D eigenvalue weighted by Gasteiger charge is -2.13. The van der Waals surface area contributed by atoms with Crippen molar-refractivity contribution in [3.8, 4) is 0 Å². The van der Waals surface area contributed by atoms with Crippen LogP contribution in [-0.2, 0) is 0 Å². The Morgan fingerprint density at radius 3 is 2.92 bits per heavy atom. The number of aromatic nitrogens is 2. The molecule has 0 radical (unpaired) electrons. The Labute approximate surface area is 81.2 Å². The van der Waals surface area contributed by atoms with Gasteiger partial charge in [0.1, 0.15) is 0 Å². The molecule has 0 aliphatic carbocycles. The first-order chi connectivity index (χ1) is 6.26. The molecule has 6 heteroatoms. The van der Waals surface area contributed by atoms with Crippen molar-refractivity contribution in [1.29, 1.82) is 0 Å². The highest BCUT2D eigenvalue weighted by Crippen LogP contribution is 2.15. The van der Waals surface area contributed by atoms with Crippen LogP contribution < -0.4 is 11.1 Å². The molecule has 0 spiro atoms. The van der Waals surface area contributed by atoms with Crippen LogP contribution in [0, 0.1) is 0 Å². The van der Waals surface area contributed by atoms with E-state index in [9.17, 15) is 0 Å². The van der Waals surface area contributed by atoms with Gasteiger partial charge in [0.25, 0.3) is 0 Å². The molecule has 1 rings (SSSR count). The van der Waals surface area contributed by atoms with Crippen LogP contribution in [0.2, 0.25) is 0 Å². The Bertz CT molecular complexity index is 252. The van der Waals surface area contributed by atoms with E-state index < -0.39 is 0 Å². The van der Waals surface area contributed by atoms with Crippen molar-refractivity contribution in [2.45, 2.75) is 25.8 Å². The zero-order valence-corrected chi connectivity index (χ0v) is 8.34. The molecule has 1 aromatic heterocycles. The molecule has 0 saturated carbocycles. The van der Waals surface area contributed by atoms with Crippen molar-refractivity contribution in [2.75, 3.05) is 17.7 Å². The molecule has 0 aromatic carbocycles. The second kappa shape index (κ2) is 4.98. The summed E-state index contributed by atoms with van der Waals surface area (Å²) in [6.07, 6.45) is 1.66. The molecular weight excluding hydrogens is 188 g/mol. The second-order valence-corrected chi connectivity index (χ2v) is 3.47. The Morgan fingerprint density at radius 1 is 1.69 bits per heavy atom. The molecule has 1 atom stereocenters. The summed E-state index contributed by atoms with van der Waals surface area (Å²) in [5.41, 5.74) is 5.37. The lowest BCUT2D eigenvalue weighted by molar-refractivity contribution is 0.278. The number of aliphatic hydroxyl groups excluding tert-OH is 1. The molecule has 0 amide bonds. The summed E-state index contributed by atoms with van der Waals surface area (Å²) >= 11 is 1.24. The predicted molar refractivity (Wildman–Crippen MR) is 53.7 cm³/mol. The standard InChI is InChI=1S/C7H14N4OS/c1-2-5(3-4-12)9-7-10-6(8)11-13-7/h5,12H,2-4H2,1H3,(H3,8,9,10,11). The van der Waals surface area contributed by atoms with Gasteiger partial charge in [-0.2, -0.15) is 9.36 Å². The number of hydrogen-bond acceptors (Lipinski definition) is 6. The number of nitrogens with zero attached hydrogens (tertiary/aromatic N) is 2. The summed E-state index contributed by atoms with van der Waals surface area (Å²) in [6.45, 7) is 2.23. The fraction of sp³-hybridized carbons (Fsp3) is 0.714. The molecule has 1 heterocycles. The number of nitrogen functional groups attached to an aromatic ring is 1. The van der Waals surface area contributed by atoms with E-state index in [1.807, 2.05) is 0 Å². The summed E-state index contributed by atoms with van der Waals surface area (Å²) in [5, 5.41) is 12.6. The summed E-state index contributed by atoms with van der Waals surface area (Å²) < 4.78 is 3.85. The number of aliphatic hydroxyl groups is 1. The Hall–Kier alpha value is -0.880. The van der Waals surface area contributed by atoms with Crippen molar-refractivity contribution < 1.29 is 5.11 Å². The van der Waals surface area contributed by atoms with Crippen LogP contribution in [-0.4, -0.2) is 27.1 Å². The molecule has 0 bridgehead atoms. The van der Waals surface area contributed by atoms with E-state index in [4.69, 9.17) is 10.8 Å². The minimum absolute atomic E-state index is 0.180. The minimum Gasteiger partial charge on any atom is -0.396 e. The minimum atomic E-state index is 0.180. The molecule has 5 nitrogen and oxygen atoms in total. The Kier molecular flexibility index (Phi) is 3.91. The van der Waals surface area contributed by atoms with E-state index >= 15 is 0 Å². The van der Waals surface area contributed by atoms with Gasteiger partial charge in [0.2, 0.25) is 11.1 Å². The van der Waals surface area contributed by atoms with E-state index in [1.54, 1.807) is 0 Å². The highest BCUT2D eigenvalue weighted by molar-refractivity contribution is 7.09. The number of nitrogens with two attached hydrogens (primary N) is 1. The van der Waals surface area contributed by atoms with Gasteiger partial charge in [0, 0.05) is 24.2 Å². The van der Waals surface area contributed by atoms with Crippen LogP contribution in [0.25, 0.3) is 0 Å². The van der Waals surface area contributed by atoms with E-state index in [0.717, 1.165) is 18.0 Å². The van der Waals surface area contributed by atoms with Crippen molar-refractivity contribution >= 4 is 22.6 Å². The Balaban J connectivity index is 2.46. The van der Waals surface area contributed by atoms with Crippen molar-refractivity contribution in [3.05, 3.63) is 0 Å². The van der Waals surface area contributed by atoms with Gasteiger partial charge in [0.15, 0.2) is 0 Å². The van der Waals surface area contributed by atoms with Gasteiger partial charge < -0.3 is 16.2 Å². The SMILES string of the molecule is CCC(CCO)Nc1nc(N)ns1. The zero-order chi connectivity index (χ0) is 9.68. The molecule has 0 aliphatic rings. The molecule has 0 aliphatic heterocycles. The highest BCUT2D eigenvalue weighted by atomic mass is 32.1. The summed E-state index contributed by atoms with van der Waals surface area (Å²) in [4.78, 5) is 3.97. The van der Waals surface area contributed by atoms with Crippen molar-refractivity contribution in [2.24, 2.45) is 0 Å². The summed E-state index contributed by atoms with van der Waals surface area (Å²) in [5.74, 6) is 0.298. The first-order valence-corrected chi connectivity index (χ1v) is 5.00. The normalized spacial score (nSPS) is 12.8. The van der Waals surface area contributed by atoms with E-state index in [1.165, 1.54) is 11.5 Å². The fourth-order valence-electron chi connectivity index (χ4n) is 1.00. The lowest BCUT2D eigenvalue weighted by Crippen LogP contribution is -2.19. The van der Waals surface area contributed by atoms with Crippen LogP contribution in [0.5, 0.6) is 0 Å². The zero-order valence-electron chi connectivity index (χ0n) is 7.53. The third-order valence-electron chi connectivity index (χ3n) is 1.74. The Morgan fingerprint density at radius 2 is 2.46 bits per heavy atom. The van der Waals surface area contributed by atoms with Crippen LogP contribution in [0.15, 0.2) is 0 Å². The average Bonchev–Trinajstić information content (AvgIpc) is 2.50. The van der Waals surface area contributed by atoms with Gasteiger partial charge in [-0.05, 0) is 12.8 Å². The van der Waals surface area contributed by atoms with E-state index in [2.05, 4.69) is 21.6 Å². The fourth-order valence-corrected chi connectivity index (χ4v) is 1.58. The smallest absolute Gasteiger partial charge is 0.233 e. The molecule has 13 heavy (non-hydrogen) atoms. The molecule has 0 saturated heterocycles. The third kappa shape index (κ3) is 3.16. The van der Waals surface area contributed by atoms with Gasteiger partial charge in [-0.3, -0.25) is 0 Å². The van der Waals surface area contributed by atoms with Gasteiger partial charge in [0.05, 0.1) is 0 Å². The molecule has 0 fully saturated rings. The molecular formula is C7H14N4OS. The highest BCUT2D eigenvalue weighted by Gasteiger charge is 2.07. The maximum absolute atomic E-state index is 8.75. The molecule has 74 valence electrons. The topological polar surface area (TPSA) is 84.1 Å². The number of nitrogens with one attached hydrogen (secondary N) is 1. The lowest BCUT2D eigenvalue weighted by atomic mass is 10.2. The van der Waals surface area contributed by atoms with Gasteiger partial charge in [-0.25, -0.2) is 0 Å². The number of hydrogen-bond donors (Lipinski definition) is 3. The summed E-state index contributed by atoms with van der Waals surface area (Å²) in [6, 6.07) is 0.248. The number of rotatable bonds is 5. The quantitative estimate of drug-likeness (QED) is 0.654. The van der Waals surface area contributed by atoms with Gasteiger partial charge in [-0.1, -0.05) is 6.92 Å². The van der Waals surface area contributed by atoms with Crippen molar-refractivity contribution in [3.63, 3.8) is 0 Å². The summed E-state index contributed by atoms with van der Waals surface area (Å²) in [7, 11) is 0. The third-order valence-corrected chi connectivity index (χ3v) is 2.40. The molecule has 1 aromatic rings.